The van der Waals surface area contributed by atoms with E-state index in [1.54, 1.807) is 0 Å². The van der Waals surface area contributed by atoms with Crippen molar-refractivity contribution in [1.29, 1.82) is 0 Å². The summed E-state index contributed by atoms with van der Waals surface area (Å²) in [5, 5.41) is 8.91. The Hall–Kier alpha value is -0.615. The summed E-state index contributed by atoms with van der Waals surface area (Å²) in [5.41, 5.74) is 2.37. The average molecular weight is 143 g/mol. The zero-order valence-corrected chi connectivity index (χ0v) is 5.83. The van der Waals surface area contributed by atoms with E-state index in [2.05, 4.69) is 22.8 Å². The van der Waals surface area contributed by atoms with Crippen molar-refractivity contribution in [2.24, 2.45) is 0 Å². The normalized spacial score (nSPS) is 9.00. The van der Waals surface area contributed by atoms with Crippen molar-refractivity contribution in [2.45, 2.75) is 0 Å². The summed E-state index contributed by atoms with van der Waals surface area (Å²) in [6.07, 6.45) is 1.39. The molecule has 0 saturated carbocycles. The third kappa shape index (κ3) is 3.42. The molecule has 0 saturated heterocycles. The summed E-state index contributed by atoms with van der Waals surface area (Å²) in [6.45, 7) is 6.82. The molecule has 0 fully saturated rings. The van der Waals surface area contributed by atoms with Crippen molar-refractivity contribution in [3.8, 4) is 0 Å². The molecular weight excluding hydrogens is 133 g/mol. The van der Waals surface area contributed by atoms with Crippen LogP contribution in [-0.4, -0.2) is 19.3 Å². The van der Waals surface area contributed by atoms with E-state index < -0.39 is 7.12 Å². The molecule has 56 valence electrons. The Morgan fingerprint density at radius 1 is 1.80 bits per heavy atom. The van der Waals surface area contributed by atoms with Gasteiger partial charge in [-0.1, -0.05) is 24.9 Å². The highest BCUT2D eigenvalue weighted by Gasteiger charge is 2.14. The molecule has 0 rings (SSSR count). The quantitative estimate of drug-likeness (QED) is 0.318. The molecule has 0 spiro atoms. The Morgan fingerprint density at radius 3 is 2.80 bits per heavy atom. The van der Waals surface area contributed by atoms with Crippen molar-refractivity contribution < 1.29 is 14.6 Å². The van der Waals surface area contributed by atoms with Gasteiger partial charge in [0.15, 0.2) is 0 Å². The highest BCUT2D eigenvalue weighted by Crippen LogP contribution is 1.94. The summed E-state index contributed by atoms with van der Waals surface area (Å²) in [7, 11) is 0.251. The van der Waals surface area contributed by atoms with Gasteiger partial charge in [0.2, 0.25) is 0 Å². The van der Waals surface area contributed by atoms with Gasteiger partial charge in [-0.15, -0.1) is 0 Å². The molecule has 0 aromatic carbocycles. The SMILES string of the molecule is C=CC(=C)B(O)ONOC. The molecule has 0 radical (unpaired) electrons. The first-order chi connectivity index (χ1) is 4.72. The first-order valence-electron chi connectivity index (χ1n) is 2.65. The van der Waals surface area contributed by atoms with Crippen LogP contribution in [0, 0.1) is 0 Å². The summed E-state index contributed by atoms with van der Waals surface area (Å²) in [5.74, 6) is 0. The molecule has 0 unspecified atom stereocenters. The first kappa shape index (κ1) is 9.38. The van der Waals surface area contributed by atoms with Crippen LogP contribution < -0.4 is 5.64 Å². The van der Waals surface area contributed by atoms with Crippen molar-refractivity contribution in [2.75, 3.05) is 7.11 Å². The fourth-order valence-corrected chi connectivity index (χ4v) is 0.270. The Bertz CT molecular complexity index is 128. The van der Waals surface area contributed by atoms with Gasteiger partial charge in [0.25, 0.3) is 0 Å². The zero-order valence-electron chi connectivity index (χ0n) is 5.83. The number of rotatable bonds is 5. The lowest BCUT2D eigenvalue weighted by molar-refractivity contribution is -0.0904. The van der Waals surface area contributed by atoms with E-state index in [0.29, 0.717) is 5.47 Å². The number of nitrogens with one attached hydrogen (secondary N) is 1. The summed E-state index contributed by atoms with van der Waals surface area (Å²) >= 11 is 0. The topological polar surface area (TPSA) is 50.7 Å². The minimum absolute atomic E-state index is 0.365. The Labute approximate surface area is 60.2 Å². The molecule has 0 aliphatic carbocycles. The maximum absolute atomic E-state index is 8.91. The molecule has 0 heterocycles. The zero-order chi connectivity index (χ0) is 7.98. The lowest BCUT2D eigenvalue weighted by Crippen LogP contribution is -2.28. The maximum atomic E-state index is 8.91. The van der Waals surface area contributed by atoms with Gasteiger partial charge in [-0.05, 0) is 5.47 Å². The van der Waals surface area contributed by atoms with E-state index in [0.717, 1.165) is 0 Å². The van der Waals surface area contributed by atoms with E-state index >= 15 is 0 Å². The second kappa shape index (κ2) is 5.19. The van der Waals surface area contributed by atoms with Crippen LogP contribution in [0.1, 0.15) is 0 Å². The monoisotopic (exact) mass is 143 g/mol. The molecule has 0 bridgehead atoms. The van der Waals surface area contributed by atoms with Gasteiger partial charge in [0.1, 0.15) is 0 Å². The molecule has 0 atom stereocenters. The lowest BCUT2D eigenvalue weighted by Gasteiger charge is -2.05. The van der Waals surface area contributed by atoms with Crippen molar-refractivity contribution in [3.05, 3.63) is 24.7 Å². The van der Waals surface area contributed by atoms with Crippen LogP contribution >= 0.6 is 0 Å². The van der Waals surface area contributed by atoms with Crippen molar-refractivity contribution in [3.63, 3.8) is 0 Å². The predicted octanol–water partition coefficient (Wildman–Crippen LogP) is -0.169. The molecule has 0 aromatic heterocycles. The third-order valence-corrected chi connectivity index (χ3v) is 0.822. The van der Waals surface area contributed by atoms with Gasteiger partial charge in [0.05, 0.1) is 7.11 Å². The maximum Gasteiger partial charge on any atom is 0.510 e. The highest BCUT2D eigenvalue weighted by molar-refractivity contribution is 6.52. The third-order valence-electron chi connectivity index (χ3n) is 0.822. The molecule has 0 amide bonds. The van der Waals surface area contributed by atoms with Crippen LogP contribution in [0.4, 0.5) is 0 Å². The van der Waals surface area contributed by atoms with Gasteiger partial charge >= 0.3 is 7.12 Å². The number of hydrogen-bond donors (Lipinski definition) is 2. The van der Waals surface area contributed by atoms with Gasteiger partial charge in [0, 0.05) is 0 Å². The molecular formula is C5H10BNO3. The highest BCUT2D eigenvalue weighted by atomic mass is 16.9. The number of allylic oxidation sites excluding steroid dienone is 2. The molecule has 0 aliphatic rings. The van der Waals surface area contributed by atoms with Crippen LogP contribution in [-0.2, 0) is 9.59 Å². The molecule has 5 heteroatoms. The number of hydrogen-bond acceptors (Lipinski definition) is 4. The Balaban J connectivity index is 3.51. The second-order valence-electron chi connectivity index (χ2n) is 1.54. The van der Waals surface area contributed by atoms with Gasteiger partial charge in [-0.3, -0.25) is 9.59 Å². The molecule has 10 heavy (non-hydrogen) atoms. The molecule has 4 nitrogen and oxygen atoms in total. The van der Waals surface area contributed by atoms with E-state index in [4.69, 9.17) is 5.02 Å². The van der Waals surface area contributed by atoms with Crippen LogP contribution in [0.3, 0.4) is 0 Å². The summed E-state index contributed by atoms with van der Waals surface area (Å²) < 4.78 is 4.46. The van der Waals surface area contributed by atoms with E-state index in [9.17, 15) is 0 Å². The minimum Gasteiger partial charge on any atom is -0.422 e. The second-order valence-corrected chi connectivity index (χ2v) is 1.54. The van der Waals surface area contributed by atoms with E-state index in [-0.39, 0.29) is 0 Å². The Kier molecular flexibility index (Phi) is 4.87. The van der Waals surface area contributed by atoms with Crippen LogP contribution in [0.25, 0.3) is 0 Å². The molecule has 0 aromatic rings. The van der Waals surface area contributed by atoms with E-state index in [1.807, 2.05) is 5.64 Å². The van der Waals surface area contributed by atoms with E-state index in [1.165, 1.54) is 13.2 Å². The van der Waals surface area contributed by atoms with Gasteiger partial charge < -0.3 is 5.02 Å². The standard InChI is InChI=1S/C5H10BNO3/c1-4-5(2)6(8)10-7-9-3/h4,7-8H,1-2H2,3H3. The first-order valence-corrected chi connectivity index (χ1v) is 2.65. The van der Waals surface area contributed by atoms with Crippen LogP contribution in [0.15, 0.2) is 24.7 Å². The summed E-state index contributed by atoms with van der Waals surface area (Å²) in [4.78, 5) is 4.30. The smallest absolute Gasteiger partial charge is 0.422 e. The largest absolute Gasteiger partial charge is 0.510 e. The lowest BCUT2D eigenvalue weighted by atomic mass is 9.81. The van der Waals surface area contributed by atoms with Crippen molar-refractivity contribution in [1.82, 2.24) is 5.64 Å². The van der Waals surface area contributed by atoms with Gasteiger partial charge in [-0.2, -0.15) is 0 Å². The van der Waals surface area contributed by atoms with Crippen LogP contribution in [0.2, 0.25) is 0 Å². The molecule has 2 N–H and O–H groups in total. The minimum atomic E-state index is -1.11. The predicted molar refractivity (Wildman–Crippen MR) is 38.5 cm³/mol. The van der Waals surface area contributed by atoms with Crippen LogP contribution in [0.5, 0.6) is 0 Å². The Morgan fingerprint density at radius 2 is 2.40 bits per heavy atom. The molecule has 0 aliphatic heterocycles. The summed E-state index contributed by atoms with van der Waals surface area (Å²) in [6, 6.07) is 0. The average Bonchev–Trinajstić information content (AvgIpc) is 1.98. The van der Waals surface area contributed by atoms with Gasteiger partial charge in [-0.25, -0.2) is 0 Å². The fraction of sp³-hybridized carbons (Fsp3) is 0.200. The van der Waals surface area contributed by atoms with Crippen molar-refractivity contribution >= 4 is 7.12 Å². The fourth-order valence-electron chi connectivity index (χ4n) is 0.270.